The molecule has 1 N–H and O–H groups in total. The van der Waals surface area contributed by atoms with Gasteiger partial charge in [0.1, 0.15) is 11.8 Å². The number of rotatable bonds is 4. The number of nitriles is 1. The number of benzene rings is 1. The number of nitrogens with zero attached hydrogens (tertiary/aromatic N) is 2. The second-order valence-electron chi connectivity index (χ2n) is 3.96. The Balaban J connectivity index is 1.91. The quantitative estimate of drug-likeness (QED) is 0.929. The molecule has 1 aromatic heterocycles. The first kappa shape index (κ1) is 13.7. The minimum absolute atomic E-state index is 0.409. The van der Waals surface area contributed by atoms with E-state index in [1.54, 1.807) is 18.3 Å². The average molecular weight is 292 g/mol. The highest BCUT2D eigenvalue weighted by Gasteiger charge is 2.01. The summed E-state index contributed by atoms with van der Waals surface area (Å²) < 4.78 is 0. The van der Waals surface area contributed by atoms with Crippen LogP contribution in [0.1, 0.15) is 11.3 Å². The summed E-state index contributed by atoms with van der Waals surface area (Å²) in [5.74, 6) is 0. The number of pyridine rings is 1. The average Bonchev–Trinajstić information content (AvgIpc) is 2.42. The molecule has 0 amide bonds. The molecule has 0 fully saturated rings. The summed E-state index contributed by atoms with van der Waals surface area (Å²) in [6.45, 7) is 0.731. The van der Waals surface area contributed by atoms with Crippen molar-refractivity contribution >= 4 is 28.9 Å². The number of hydrogen-bond acceptors (Lipinski definition) is 3. The predicted molar refractivity (Wildman–Crippen MR) is 77.6 cm³/mol. The van der Waals surface area contributed by atoms with Crippen molar-refractivity contribution in [3.8, 4) is 6.07 Å². The molecule has 19 heavy (non-hydrogen) atoms. The van der Waals surface area contributed by atoms with Gasteiger partial charge in [0.2, 0.25) is 0 Å². The van der Waals surface area contributed by atoms with Gasteiger partial charge in [-0.3, -0.25) is 0 Å². The zero-order valence-corrected chi connectivity index (χ0v) is 11.5. The largest absolute Gasteiger partial charge is 0.383 e. The van der Waals surface area contributed by atoms with Crippen molar-refractivity contribution in [1.29, 1.82) is 5.26 Å². The van der Waals surface area contributed by atoms with Gasteiger partial charge in [-0.1, -0.05) is 29.3 Å². The van der Waals surface area contributed by atoms with Crippen molar-refractivity contribution in [3.63, 3.8) is 0 Å². The van der Waals surface area contributed by atoms with Gasteiger partial charge in [-0.25, -0.2) is 4.98 Å². The van der Waals surface area contributed by atoms with E-state index in [0.29, 0.717) is 15.7 Å². The fourth-order valence-electron chi connectivity index (χ4n) is 1.63. The smallest absolute Gasteiger partial charge is 0.140 e. The van der Waals surface area contributed by atoms with Crippen molar-refractivity contribution in [2.45, 2.75) is 6.42 Å². The highest BCUT2D eigenvalue weighted by Crippen LogP contribution is 2.21. The van der Waals surface area contributed by atoms with Gasteiger partial charge in [0.05, 0.1) is 11.9 Å². The molecule has 0 spiro atoms. The molecule has 3 nitrogen and oxygen atoms in total. The van der Waals surface area contributed by atoms with Gasteiger partial charge in [0.25, 0.3) is 0 Å². The summed E-state index contributed by atoms with van der Waals surface area (Å²) in [6, 6.07) is 11.0. The molecule has 0 saturated carbocycles. The van der Waals surface area contributed by atoms with E-state index in [0.717, 1.165) is 24.2 Å². The molecular weight excluding hydrogens is 281 g/mol. The molecule has 1 heterocycles. The maximum absolute atomic E-state index is 8.65. The lowest BCUT2D eigenvalue weighted by atomic mass is 10.1. The number of aromatic nitrogens is 1. The number of nitrogens with one attached hydrogen (secondary N) is 1. The topological polar surface area (TPSA) is 48.7 Å². The summed E-state index contributed by atoms with van der Waals surface area (Å²) in [5.41, 5.74) is 2.33. The van der Waals surface area contributed by atoms with Crippen LogP contribution in [-0.4, -0.2) is 11.5 Å². The zero-order chi connectivity index (χ0) is 13.7. The van der Waals surface area contributed by atoms with E-state index in [2.05, 4.69) is 10.3 Å². The lowest BCUT2D eigenvalue weighted by molar-refractivity contribution is 1.02. The number of hydrogen-bond donors (Lipinski definition) is 1. The van der Waals surface area contributed by atoms with Crippen LogP contribution in [0.25, 0.3) is 0 Å². The highest BCUT2D eigenvalue weighted by atomic mass is 35.5. The Morgan fingerprint density at radius 3 is 2.68 bits per heavy atom. The van der Waals surface area contributed by atoms with Gasteiger partial charge in [0.15, 0.2) is 0 Å². The monoisotopic (exact) mass is 291 g/mol. The van der Waals surface area contributed by atoms with Crippen molar-refractivity contribution in [2.24, 2.45) is 0 Å². The van der Waals surface area contributed by atoms with Crippen molar-refractivity contribution in [1.82, 2.24) is 4.98 Å². The summed E-state index contributed by atoms with van der Waals surface area (Å²) in [7, 11) is 0. The number of anilines is 1. The summed E-state index contributed by atoms with van der Waals surface area (Å²) in [4.78, 5) is 3.98. The molecule has 0 aliphatic heterocycles. The predicted octanol–water partition coefficient (Wildman–Crippen LogP) is 3.91. The van der Waals surface area contributed by atoms with Crippen LogP contribution >= 0.6 is 23.2 Å². The first-order valence-corrected chi connectivity index (χ1v) is 6.48. The van der Waals surface area contributed by atoms with E-state index < -0.39 is 0 Å². The Hall–Kier alpha value is -1.76. The van der Waals surface area contributed by atoms with Crippen LogP contribution in [0.3, 0.4) is 0 Å². The molecule has 2 aromatic rings. The van der Waals surface area contributed by atoms with E-state index in [-0.39, 0.29) is 0 Å². The molecule has 96 valence electrons. The Kier molecular flexibility index (Phi) is 4.62. The van der Waals surface area contributed by atoms with Gasteiger partial charge in [0, 0.05) is 16.6 Å². The summed E-state index contributed by atoms with van der Waals surface area (Å²) in [6.07, 6.45) is 2.43. The lowest BCUT2D eigenvalue weighted by Gasteiger charge is -2.07. The summed E-state index contributed by atoms with van der Waals surface area (Å²) in [5, 5.41) is 13.2. The zero-order valence-electron chi connectivity index (χ0n) is 10.0. The van der Waals surface area contributed by atoms with E-state index in [9.17, 15) is 0 Å². The third-order valence-corrected chi connectivity index (χ3v) is 3.20. The van der Waals surface area contributed by atoms with E-state index in [1.807, 2.05) is 24.3 Å². The van der Waals surface area contributed by atoms with Gasteiger partial charge < -0.3 is 5.32 Å². The molecule has 0 unspecified atom stereocenters. The lowest BCUT2D eigenvalue weighted by Crippen LogP contribution is -2.05. The van der Waals surface area contributed by atoms with Crippen molar-refractivity contribution in [2.75, 3.05) is 11.9 Å². The normalized spacial score (nSPS) is 9.95. The molecular formula is C14H11Cl2N3. The van der Waals surface area contributed by atoms with Crippen molar-refractivity contribution < 1.29 is 0 Å². The molecule has 1 aromatic carbocycles. The minimum Gasteiger partial charge on any atom is -0.383 e. The molecule has 5 heteroatoms. The second kappa shape index (κ2) is 6.42. The Morgan fingerprint density at radius 1 is 1.21 bits per heavy atom. The maximum Gasteiger partial charge on any atom is 0.140 e. The van der Waals surface area contributed by atoms with E-state index in [4.69, 9.17) is 28.5 Å². The van der Waals surface area contributed by atoms with Gasteiger partial charge in [-0.05, 0) is 36.2 Å². The SMILES string of the molecule is N#Cc1ccc(NCCc2ccc(Cl)cc2Cl)cn1. The van der Waals surface area contributed by atoms with E-state index in [1.165, 1.54) is 0 Å². The molecule has 0 bridgehead atoms. The third kappa shape index (κ3) is 3.85. The van der Waals surface area contributed by atoms with Crippen LogP contribution in [0.5, 0.6) is 0 Å². The fourth-order valence-corrected chi connectivity index (χ4v) is 2.13. The van der Waals surface area contributed by atoms with Crippen LogP contribution < -0.4 is 5.32 Å². The van der Waals surface area contributed by atoms with Crippen LogP contribution in [-0.2, 0) is 6.42 Å². The third-order valence-electron chi connectivity index (χ3n) is 2.62. The van der Waals surface area contributed by atoms with Crippen LogP contribution in [0, 0.1) is 11.3 Å². The molecule has 2 rings (SSSR count). The molecule has 0 radical (unpaired) electrons. The van der Waals surface area contributed by atoms with Crippen LogP contribution in [0.15, 0.2) is 36.5 Å². The Labute approximate surface area is 121 Å². The molecule has 0 aliphatic carbocycles. The van der Waals surface area contributed by atoms with Gasteiger partial charge in [-0.2, -0.15) is 5.26 Å². The standard InChI is InChI=1S/C14H11Cl2N3/c15-11-2-1-10(14(16)7-11)5-6-18-13-4-3-12(8-17)19-9-13/h1-4,7,9,18H,5-6H2. The van der Waals surface area contributed by atoms with Gasteiger partial charge >= 0.3 is 0 Å². The van der Waals surface area contributed by atoms with Crippen LogP contribution in [0.4, 0.5) is 5.69 Å². The Morgan fingerprint density at radius 2 is 2.05 bits per heavy atom. The van der Waals surface area contributed by atoms with E-state index >= 15 is 0 Å². The maximum atomic E-state index is 8.65. The first-order chi connectivity index (χ1) is 9.19. The fraction of sp³-hybridized carbons (Fsp3) is 0.143. The molecule has 0 aliphatic rings. The highest BCUT2D eigenvalue weighted by molar-refractivity contribution is 6.35. The minimum atomic E-state index is 0.409. The second-order valence-corrected chi connectivity index (χ2v) is 4.80. The number of halogens is 2. The molecule has 0 atom stereocenters. The first-order valence-electron chi connectivity index (χ1n) is 5.73. The Bertz CT molecular complexity index is 603. The molecule has 0 saturated heterocycles. The summed E-state index contributed by atoms with van der Waals surface area (Å²) >= 11 is 11.9. The van der Waals surface area contributed by atoms with Crippen molar-refractivity contribution in [3.05, 3.63) is 57.8 Å². The van der Waals surface area contributed by atoms with Gasteiger partial charge in [-0.15, -0.1) is 0 Å². The van der Waals surface area contributed by atoms with Crippen LogP contribution in [0.2, 0.25) is 10.0 Å².